The maximum atomic E-state index is 12.9. The Morgan fingerprint density at radius 1 is 0.900 bits per heavy atom. The number of fused-ring (bicyclic) bond motifs is 1. The summed E-state index contributed by atoms with van der Waals surface area (Å²) in [4.78, 5) is 26.3. The first-order valence-electron chi connectivity index (χ1n) is 15.3. The number of hydrogen-bond donors (Lipinski definition) is 2. The van der Waals surface area contributed by atoms with E-state index in [1.165, 1.54) is 17.2 Å². The summed E-state index contributed by atoms with van der Waals surface area (Å²) in [6, 6.07) is -0.433. The molecule has 2 amide bonds. The van der Waals surface area contributed by atoms with Gasteiger partial charge in [-0.1, -0.05) is 88.5 Å². The van der Waals surface area contributed by atoms with Gasteiger partial charge in [-0.25, -0.2) is 4.79 Å². The summed E-state index contributed by atoms with van der Waals surface area (Å²) in [7, 11) is 0. The van der Waals surface area contributed by atoms with Crippen molar-refractivity contribution in [1.29, 1.82) is 0 Å². The largest absolute Gasteiger partial charge is 0.394 e. The molecular weight excluding hydrogens is 508 g/mol. The third-order valence-electron chi connectivity index (χ3n) is 9.53. The molecule has 0 aromatic rings. The van der Waals surface area contributed by atoms with E-state index in [0.29, 0.717) is 12.8 Å². The lowest BCUT2D eigenvalue weighted by Crippen LogP contribution is -2.49. The minimum absolute atomic E-state index is 0.0689. The van der Waals surface area contributed by atoms with Crippen molar-refractivity contribution < 1.29 is 28.9 Å². The van der Waals surface area contributed by atoms with Crippen LogP contribution >= 0.6 is 0 Å². The van der Waals surface area contributed by atoms with Crippen molar-refractivity contribution in [3.63, 3.8) is 0 Å². The van der Waals surface area contributed by atoms with Crippen LogP contribution in [0.3, 0.4) is 0 Å². The Bertz CT molecular complexity index is 940. The summed E-state index contributed by atoms with van der Waals surface area (Å²) in [5, 5.41) is 12.9. The van der Waals surface area contributed by atoms with Gasteiger partial charge in [-0.15, -0.1) is 0 Å². The Labute approximate surface area is 242 Å². The van der Waals surface area contributed by atoms with Crippen LogP contribution in [0.4, 0.5) is 4.79 Å². The molecule has 2 saturated heterocycles. The molecule has 3 heterocycles. The average Bonchev–Trinajstić information content (AvgIpc) is 3.29. The van der Waals surface area contributed by atoms with Gasteiger partial charge in [0.15, 0.2) is 17.8 Å². The lowest BCUT2D eigenvalue weighted by Gasteiger charge is -2.46. The zero-order valence-electron chi connectivity index (χ0n) is 26.8. The predicted octanol–water partition coefficient (Wildman–Crippen LogP) is 6.17. The number of carbonyl (C=O) groups is 2. The molecule has 0 spiro atoms. The first-order chi connectivity index (χ1) is 18.4. The molecule has 8 nitrogen and oxygen atoms in total. The summed E-state index contributed by atoms with van der Waals surface area (Å²) in [5.41, 5.74) is 0.190. The van der Waals surface area contributed by atoms with Gasteiger partial charge < -0.3 is 24.6 Å². The third kappa shape index (κ3) is 7.67. The Kier molecular flexibility index (Phi) is 9.93. The van der Waals surface area contributed by atoms with E-state index in [1.807, 2.05) is 0 Å². The summed E-state index contributed by atoms with van der Waals surface area (Å²) >= 11 is 0. The minimum Gasteiger partial charge on any atom is -0.394 e. The van der Waals surface area contributed by atoms with Crippen molar-refractivity contribution in [2.45, 2.75) is 145 Å². The molecule has 2 fully saturated rings. The van der Waals surface area contributed by atoms with E-state index in [2.05, 4.69) is 74.6 Å². The number of ether oxygens (including phenoxy) is 3. The van der Waals surface area contributed by atoms with Crippen LogP contribution in [0.15, 0.2) is 12.3 Å². The maximum absolute atomic E-state index is 12.9. The normalized spacial score (nSPS) is 30.0. The Morgan fingerprint density at radius 3 is 2.02 bits per heavy atom. The van der Waals surface area contributed by atoms with Gasteiger partial charge in [0.2, 0.25) is 0 Å². The lowest BCUT2D eigenvalue weighted by molar-refractivity contribution is -0.249. The van der Waals surface area contributed by atoms with Crippen molar-refractivity contribution in [3.8, 4) is 0 Å². The molecule has 3 rings (SSSR count). The molecular formula is C32H56N2O6. The van der Waals surface area contributed by atoms with Crippen LogP contribution in [0.2, 0.25) is 0 Å². The van der Waals surface area contributed by atoms with Gasteiger partial charge in [-0.05, 0) is 40.6 Å². The highest BCUT2D eigenvalue weighted by atomic mass is 16.8. The molecule has 0 bridgehead atoms. The Balaban J connectivity index is 1.99. The fraction of sp³-hybridized carbons (Fsp3) is 0.875. The summed E-state index contributed by atoms with van der Waals surface area (Å²) < 4.78 is 20.1. The fourth-order valence-electron chi connectivity index (χ4n) is 7.50. The number of hydrogen-bond acceptors (Lipinski definition) is 6. The molecule has 3 aliphatic rings. The van der Waals surface area contributed by atoms with Gasteiger partial charge in [0.05, 0.1) is 13.2 Å². The molecule has 3 aliphatic heterocycles. The number of aliphatic hydroxyl groups excluding tert-OH is 1. The first-order valence-corrected chi connectivity index (χ1v) is 15.3. The highest BCUT2D eigenvalue weighted by Gasteiger charge is 2.62. The molecule has 5 unspecified atom stereocenters. The maximum Gasteiger partial charge on any atom is 0.324 e. The quantitative estimate of drug-likeness (QED) is 0.278. The number of ketones is 1. The van der Waals surface area contributed by atoms with E-state index in [0.717, 1.165) is 32.1 Å². The van der Waals surface area contributed by atoms with E-state index in [4.69, 9.17) is 14.2 Å². The Hall–Kier alpha value is -1.48. The molecule has 0 aromatic carbocycles. The second-order valence-electron chi connectivity index (χ2n) is 15.2. The van der Waals surface area contributed by atoms with E-state index in [1.54, 1.807) is 0 Å². The zero-order chi connectivity index (χ0) is 30.1. The lowest BCUT2D eigenvalue weighted by atomic mass is 9.66. The molecule has 0 saturated carbocycles. The van der Waals surface area contributed by atoms with Gasteiger partial charge in [-0.3, -0.25) is 9.69 Å². The van der Waals surface area contributed by atoms with Crippen LogP contribution in [0.5, 0.6) is 0 Å². The van der Waals surface area contributed by atoms with Gasteiger partial charge in [-0.2, -0.15) is 0 Å². The zero-order valence-corrected chi connectivity index (χ0v) is 26.8. The highest BCUT2D eigenvalue weighted by molar-refractivity contribution is 5.95. The monoisotopic (exact) mass is 564 g/mol. The van der Waals surface area contributed by atoms with E-state index < -0.39 is 36.4 Å². The highest BCUT2D eigenvalue weighted by Crippen LogP contribution is 2.53. The van der Waals surface area contributed by atoms with Gasteiger partial charge in [0, 0.05) is 19.0 Å². The summed E-state index contributed by atoms with van der Waals surface area (Å²) in [6.07, 6.45) is 6.90. The van der Waals surface area contributed by atoms with Crippen LogP contribution in [-0.2, 0) is 19.0 Å². The molecule has 230 valence electrons. The number of rotatable bonds is 13. The topological polar surface area (TPSA) is 97.3 Å². The molecule has 40 heavy (non-hydrogen) atoms. The molecule has 0 aromatic heterocycles. The molecule has 8 heteroatoms. The summed E-state index contributed by atoms with van der Waals surface area (Å²) in [5.74, 6) is -1.11. The minimum atomic E-state index is -0.911. The second kappa shape index (κ2) is 12.0. The fourth-order valence-corrected chi connectivity index (χ4v) is 7.50. The van der Waals surface area contributed by atoms with Crippen molar-refractivity contribution in [3.05, 3.63) is 12.3 Å². The van der Waals surface area contributed by atoms with E-state index in [-0.39, 0.29) is 40.6 Å². The van der Waals surface area contributed by atoms with Crippen molar-refractivity contribution in [1.82, 2.24) is 10.2 Å². The van der Waals surface area contributed by atoms with Gasteiger partial charge >= 0.3 is 6.03 Å². The first kappa shape index (κ1) is 33.0. The number of amides is 2. The third-order valence-corrected chi connectivity index (χ3v) is 9.53. The standard InChI is InChI=1S/C32H56N2O6/c1-11-28(4,5)18-29(6,7)20-32(21-30(8,9)19-31(10,12-2)13-3)39-24-23(17-35)38-26(25(24)40-32)34-15-14-22(36)16-33-27(34)37/h14-15,23-26,35H,11-13,16-21H2,1-10H3,(H,33,37). The van der Waals surface area contributed by atoms with Crippen molar-refractivity contribution in [2.24, 2.45) is 21.7 Å². The summed E-state index contributed by atoms with van der Waals surface area (Å²) in [6.45, 7) is 22.6. The van der Waals surface area contributed by atoms with E-state index in [9.17, 15) is 14.7 Å². The Morgan fingerprint density at radius 2 is 1.48 bits per heavy atom. The van der Waals surface area contributed by atoms with Crippen LogP contribution in [0.25, 0.3) is 0 Å². The molecule has 2 N–H and O–H groups in total. The predicted molar refractivity (Wildman–Crippen MR) is 156 cm³/mol. The van der Waals surface area contributed by atoms with Crippen molar-refractivity contribution in [2.75, 3.05) is 13.2 Å². The second-order valence-corrected chi connectivity index (χ2v) is 15.2. The number of urea groups is 1. The van der Waals surface area contributed by atoms with E-state index >= 15 is 0 Å². The smallest absolute Gasteiger partial charge is 0.324 e. The SMILES string of the molecule is CCC(C)(C)CC(C)(C)CC1(CC(C)(C)CC(C)(CC)CC)OC2C(CO)OC(N3C=CC(=O)CNC3=O)C2O1. The molecule has 0 aliphatic carbocycles. The van der Waals surface area contributed by atoms with Gasteiger partial charge in [0.1, 0.15) is 18.3 Å². The van der Waals surface area contributed by atoms with Gasteiger partial charge in [0.25, 0.3) is 0 Å². The number of nitrogens with zero attached hydrogens (tertiary/aromatic N) is 1. The van der Waals surface area contributed by atoms with Crippen LogP contribution in [0.1, 0.15) is 114 Å². The van der Waals surface area contributed by atoms with Crippen LogP contribution in [-0.4, -0.2) is 65.3 Å². The molecule has 0 radical (unpaired) electrons. The number of carbonyl (C=O) groups excluding carboxylic acids is 2. The van der Waals surface area contributed by atoms with Crippen LogP contribution < -0.4 is 5.32 Å². The average molecular weight is 565 g/mol. The van der Waals surface area contributed by atoms with Crippen LogP contribution in [0, 0.1) is 21.7 Å². The number of aliphatic hydroxyl groups is 1. The number of nitrogens with one attached hydrogen (secondary N) is 1. The molecule has 5 atom stereocenters. The van der Waals surface area contributed by atoms with Crippen molar-refractivity contribution >= 4 is 11.8 Å².